The van der Waals surface area contributed by atoms with Crippen LogP contribution in [0.15, 0.2) is 91.0 Å². The van der Waals surface area contributed by atoms with Crippen molar-refractivity contribution in [2.45, 2.75) is 142 Å². The minimum atomic E-state index is -0.752. The van der Waals surface area contributed by atoms with E-state index in [0.717, 1.165) is 63.5 Å². The Labute approximate surface area is 553 Å². The molecule has 3 aromatic rings. The van der Waals surface area contributed by atoms with Gasteiger partial charge in [0.05, 0.1) is 189 Å². The predicted molar refractivity (Wildman–Crippen MR) is 389 cm³/mol. The summed E-state index contributed by atoms with van der Waals surface area (Å²) in [6.07, 6.45) is 7.40. The number of carboxylic acids is 1. The molecule has 0 saturated carbocycles. The van der Waals surface area contributed by atoms with Crippen LogP contribution < -0.4 is 4.48 Å². The average molecular weight is 1270 g/mol. The van der Waals surface area contributed by atoms with Gasteiger partial charge in [-0.15, -0.1) is 0 Å². The number of hydrogen-bond acceptors (Lipinski definition) is 6. The van der Waals surface area contributed by atoms with Crippen LogP contribution in [0, 0.1) is 0 Å². The lowest BCUT2D eigenvalue weighted by molar-refractivity contribution is -0.936. The Bertz CT molecular complexity index is 1890. The van der Waals surface area contributed by atoms with Crippen molar-refractivity contribution in [2.24, 2.45) is 0 Å². The number of benzene rings is 3. The van der Waals surface area contributed by atoms with Crippen molar-refractivity contribution >= 4 is 11.7 Å². The number of aliphatic hydroxyl groups is 5. The van der Waals surface area contributed by atoms with Crippen molar-refractivity contribution in [1.29, 1.82) is 0 Å². The molecule has 0 spiro atoms. The summed E-state index contributed by atoms with van der Waals surface area (Å²) in [5, 5.41) is 52.5. The van der Waals surface area contributed by atoms with E-state index in [1.54, 1.807) is 0 Å². The summed E-state index contributed by atoms with van der Waals surface area (Å²) in [4.78, 5) is 10.00. The first-order chi connectivity index (χ1) is 41.2. The lowest BCUT2D eigenvalue weighted by Crippen LogP contribution is -2.53. The molecular formula is C74H156N8O7+8. The molecule has 3 rings (SSSR count). The van der Waals surface area contributed by atoms with Gasteiger partial charge in [0, 0.05) is 11.1 Å². The van der Waals surface area contributed by atoms with Gasteiger partial charge in [0.15, 0.2) is 6.54 Å². The van der Waals surface area contributed by atoms with Crippen molar-refractivity contribution in [2.75, 3.05) is 228 Å². The van der Waals surface area contributed by atoms with Gasteiger partial charge in [-0.25, -0.2) is 4.79 Å². The summed E-state index contributed by atoms with van der Waals surface area (Å²) in [5.41, 5.74) is 4.30. The molecule has 0 heterocycles. The normalized spacial score (nSPS) is 12.2. The number of hydrogen-bond donors (Lipinski definition) is 6. The average Bonchev–Trinajstić information content (AvgIpc) is 3.61. The van der Waals surface area contributed by atoms with Crippen LogP contribution in [-0.4, -0.2) is 296 Å². The van der Waals surface area contributed by atoms with Crippen LogP contribution in [0.3, 0.4) is 0 Å². The van der Waals surface area contributed by atoms with Gasteiger partial charge in [-0.3, -0.25) is 4.48 Å². The van der Waals surface area contributed by atoms with Gasteiger partial charge in [-0.05, 0) is 92.7 Å². The molecule has 3 aromatic carbocycles. The van der Waals surface area contributed by atoms with E-state index in [4.69, 9.17) is 30.6 Å². The maximum Gasteiger partial charge on any atom is 0.359 e. The van der Waals surface area contributed by atoms with E-state index < -0.39 is 5.97 Å². The maximum atomic E-state index is 10.00. The fourth-order valence-electron chi connectivity index (χ4n) is 10.8. The summed E-state index contributed by atoms with van der Waals surface area (Å²) in [5.74, 6) is -0.752. The summed E-state index contributed by atoms with van der Waals surface area (Å²) < 4.78 is 7.54. The zero-order valence-electron chi connectivity index (χ0n) is 62.2. The highest BCUT2D eigenvalue weighted by Crippen LogP contribution is 2.22. The quantitative estimate of drug-likeness (QED) is 0.0323. The van der Waals surface area contributed by atoms with Crippen LogP contribution in [-0.2, 0) is 17.9 Å². The molecule has 0 aromatic heterocycles. The molecular weight excluding hydrogens is 1110 g/mol. The molecule has 1 atom stereocenters. The maximum absolute atomic E-state index is 10.00. The van der Waals surface area contributed by atoms with E-state index in [-0.39, 0.29) is 47.0 Å². The smallest absolute Gasteiger partial charge is 0.359 e. The van der Waals surface area contributed by atoms with Crippen LogP contribution in [0.25, 0.3) is 0 Å². The molecule has 0 aliphatic carbocycles. The number of aliphatic hydroxyl groups excluding tert-OH is 5. The van der Waals surface area contributed by atoms with Crippen LogP contribution in [0.2, 0.25) is 0 Å². The Kier molecular flexibility index (Phi) is 61.0. The van der Waals surface area contributed by atoms with Gasteiger partial charge in [-0.1, -0.05) is 127 Å². The fraction of sp³-hybridized carbons (Fsp3) is 0.743. The molecule has 0 aliphatic rings. The van der Waals surface area contributed by atoms with Crippen molar-refractivity contribution in [3.63, 3.8) is 0 Å². The van der Waals surface area contributed by atoms with Gasteiger partial charge in [-0.2, -0.15) is 0 Å². The minimum Gasteiger partial charge on any atom is -0.477 e. The molecule has 6 N–H and O–H groups in total. The zero-order chi connectivity index (χ0) is 68.8. The molecule has 0 radical (unpaired) electrons. The predicted octanol–water partition coefficient (Wildman–Crippen LogP) is 11.2. The number of rotatable bonds is 35. The minimum absolute atomic E-state index is 0. The van der Waals surface area contributed by atoms with E-state index in [9.17, 15) is 4.79 Å². The number of para-hydroxylation sites is 1. The molecule has 526 valence electrons. The SMILES string of the molecule is C.CCCC[N+](C)(CC)CCC.CCC[N+](C)(C)C.CCC[N+](C)(CCO)CCO.CCC[N+](CCO)(CCO)CCO.CC[N+](CC)(CC)Cc1ccccc1.CC[N+](CC)(CC)c1ccccc1.C[N+](C)(C)CC(=O)O.C[N+](C)(C)Cc1ccccc1. The van der Waals surface area contributed by atoms with Crippen molar-refractivity contribution in [1.82, 2.24) is 4.48 Å². The second kappa shape index (κ2) is 56.2. The first-order valence-electron chi connectivity index (χ1n) is 34.3. The van der Waals surface area contributed by atoms with Crippen LogP contribution in [0.4, 0.5) is 5.69 Å². The zero-order valence-corrected chi connectivity index (χ0v) is 62.2. The number of likely N-dealkylation sites (N-methyl/N-ethyl adjacent to an activating group) is 2. The molecule has 1 unspecified atom stereocenters. The van der Waals surface area contributed by atoms with Crippen LogP contribution in [0.5, 0.6) is 0 Å². The number of quaternary nitrogens is 8. The van der Waals surface area contributed by atoms with E-state index in [0.29, 0.717) is 28.6 Å². The molecule has 15 heteroatoms. The van der Waals surface area contributed by atoms with E-state index in [2.05, 4.69) is 230 Å². The molecule has 89 heavy (non-hydrogen) atoms. The van der Waals surface area contributed by atoms with Gasteiger partial charge in [0.2, 0.25) is 0 Å². The molecule has 15 nitrogen and oxygen atoms in total. The van der Waals surface area contributed by atoms with E-state index in [1.165, 1.54) is 123 Å². The number of nitrogens with zero attached hydrogens (tertiary/aromatic N) is 8. The highest BCUT2D eigenvalue weighted by molar-refractivity contribution is 5.67. The number of unbranched alkanes of at least 4 members (excludes halogenated alkanes) is 1. The molecule has 0 saturated heterocycles. The molecule has 0 aliphatic heterocycles. The summed E-state index contributed by atoms with van der Waals surface area (Å²) in [6, 6.07) is 32.2. The molecule has 0 amide bonds. The first-order valence-corrected chi connectivity index (χ1v) is 34.3. The number of aliphatic carboxylic acids is 1. The third-order valence-electron chi connectivity index (χ3n) is 16.5. The standard InChI is InChI=1S/C13H22N.C12H20N.C10H16N.C10H24N.C9H22NO3.C8H20NO2.C6H16N.C5H11NO2.CH4/c1-4-14(5-2,6-3)12-13-10-8-7-9-11-13;1-4-13(5-2,6-3)12-10-8-7-9-11-12;1-11(2,3)9-10-7-5-4-6-8-10;1-5-8-10-11(4,7-3)9-6-2;1-2-3-10(4-7-11,5-8-12)6-9-13;1-3-4-9(2,5-7-10)6-8-11;1-5-6-7(2,3)4;1-6(2,3)4-5(7)8;/h7-11H,4-6,12H2,1-3H3;7-11H,4-6H2,1-3H3;4-8H,9H2,1-3H3;5-10H2,1-4H3;11-13H,2-9H2,1H3;10-11H,3-8H2,1-2H3;5-6H2,1-4H3;4H2,1-3H3;1H4/q7*+1;;/p+1. The van der Waals surface area contributed by atoms with E-state index >= 15 is 0 Å². The Hall–Kier alpha value is -3.39. The summed E-state index contributed by atoms with van der Waals surface area (Å²) >= 11 is 0. The Morgan fingerprint density at radius 3 is 0.933 bits per heavy atom. The van der Waals surface area contributed by atoms with Gasteiger partial charge in [0.1, 0.15) is 51.5 Å². The summed E-state index contributed by atoms with van der Waals surface area (Å²) in [6.45, 7) is 47.8. The summed E-state index contributed by atoms with van der Waals surface area (Å²) in [7, 11) is 23.2. The Balaban J connectivity index is -0.000000223. The monoisotopic (exact) mass is 1270 g/mol. The van der Waals surface area contributed by atoms with Crippen molar-refractivity contribution in [3.8, 4) is 0 Å². The second-order valence-electron chi connectivity index (χ2n) is 27.5. The van der Waals surface area contributed by atoms with Gasteiger partial charge in [0.25, 0.3) is 0 Å². The third kappa shape index (κ3) is 53.8. The Morgan fingerprint density at radius 1 is 0.337 bits per heavy atom. The molecule has 0 fully saturated rings. The van der Waals surface area contributed by atoms with Gasteiger partial charge < -0.3 is 62.0 Å². The number of carbonyl (C=O) groups is 1. The third-order valence-corrected chi connectivity index (χ3v) is 16.5. The van der Waals surface area contributed by atoms with Crippen LogP contribution >= 0.6 is 0 Å². The lowest BCUT2D eigenvalue weighted by Gasteiger charge is -2.37. The second-order valence-corrected chi connectivity index (χ2v) is 27.5. The number of carboxylic acid groups (broad SMARTS) is 1. The fourth-order valence-corrected chi connectivity index (χ4v) is 10.8. The lowest BCUT2D eigenvalue weighted by atomic mass is 10.2. The van der Waals surface area contributed by atoms with Gasteiger partial charge >= 0.3 is 5.97 Å². The topological polar surface area (TPSA) is 138 Å². The highest BCUT2D eigenvalue weighted by atomic mass is 16.4. The molecule has 0 bridgehead atoms. The van der Waals surface area contributed by atoms with Crippen molar-refractivity contribution in [3.05, 3.63) is 102 Å². The van der Waals surface area contributed by atoms with Crippen LogP contribution in [0.1, 0.15) is 140 Å². The largest absolute Gasteiger partial charge is 0.477 e. The van der Waals surface area contributed by atoms with Crippen molar-refractivity contribution < 1.29 is 66.8 Å². The Morgan fingerprint density at radius 2 is 0.685 bits per heavy atom. The first kappa shape index (κ1) is 96.7. The highest BCUT2D eigenvalue weighted by Gasteiger charge is 2.26. The van der Waals surface area contributed by atoms with E-state index in [1.807, 2.05) is 21.1 Å².